The summed E-state index contributed by atoms with van der Waals surface area (Å²) in [6.07, 6.45) is 0.716. The number of carboxylic acid groups (broad SMARTS) is 1. The van der Waals surface area contributed by atoms with Gasteiger partial charge in [0.25, 0.3) is 0 Å². The van der Waals surface area contributed by atoms with Crippen LogP contribution in [0.15, 0.2) is 16.8 Å². The number of rotatable bonds is 6. The van der Waals surface area contributed by atoms with Gasteiger partial charge in [-0.2, -0.15) is 11.3 Å². The Labute approximate surface area is 117 Å². The number of carbonyl (C=O) groups excluding carboxylic acids is 1. The first-order valence-corrected chi connectivity index (χ1v) is 7.17. The summed E-state index contributed by atoms with van der Waals surface area (Å²) in [4.78, 5) is 24.9. The maximum absolute atomic E-state index is 12.1. The summed E-state index contributed by atoms with van der Waals surface area (Å²) in [5, 5.41) is 15.8. The molecule has 19 heavy (non-hydrogen) atoms. The number of aliphatic carboxylic acids is 1. The fourth-order valence-corrected chi connectivity index (χ4v) is 2.47. The molecule has 1 aromatic rings. The molecule has 0 aliphatic carbocycles. The molecule has 6 heteroatoms. The summed E-state index contributed by atoms with van der Waals surface area (Å²) in [5.41, 5.74) is -0.142. The van der Waals surface area contributed by atoms with Crippen molar-refractivity contribution < 1.29 is 14.7 Å². The zero-order chi connectivity index (χ0) is 14.5. The van der Waals surface area contributed by atoms with E-state index in [0.29, 0.717) is 19.4 Å². The van der Waals surface area contributed by atoms with Crippen molar-refractivity contribution in [3.8, 4) is 0 Å². The van der Waals surface area contributed by atoms with Gasteiger partial charge in [0.05, 0.1) is 0 Å². The molecule has 0 saturated carbocycles. The van der Waals surface area contributed by atoms with Crippen molar-refractivity contribution in [2.45, 2.75) is 38.8 Å². The predicted molar refractivity (Wildman–Crippen MR) is 75.3 cm³/mol. The third-order valence-corrected chi connectivity index (χ3v) is 4.04. The van der Waals surface area contributed by atoms with Gasteiger partial charge in [-0.1, -0.05) is 13.8 Å². The lowest BCUT2D eigenvalue weighted by molar-refractivity contribution is -0.144. The summed E-state index contributed by atoms with van der Waals surface area (Å²) >= 11 is 1.57. The molecule has 0 atom stereocenters. The van der Waals surface area contributed by atoms with Gasteiger partial charge in [0.15, 0.2) is 0 Å². The van der Waals surface area contributed by atoms with Crippen LogP contribution in [0, 0.1) is 0 Å². The second-order valence-electron chi connectivity index (χ2n) is 4.51. The van der Waals surface area contributed by atoms with E-state index >= 15 is 0 Å². The van der Waals surface area contributed by atoms with Crippen LogP contribution in [0.25, 0.3) is 0 Å². The number of carboxylic acids is 1. The smallest absolute Gasteiger partial charge is 0.329 e. The van der Waals surface area contributed by atoms with Crippen LogP contribution < -0.4 is 5.32 Å². The van der Waals surface area contributed by atoms with Crippen LogP contribution in [0.5, 0.6) is 0 Å². The average Bonchev–Trinajstić information content (AvgIpc) is 2.88. The van der Waals surface area contributed by atoms with Gasteiger partial charge in [-0.15, -0.1) is 0 Å². The molecule has 0 radical (unpaired) electrons. The number of carbonyl (C=O) groups is 2. The van der Waals surface area contributed by atoms with E-state index in [2.05, 4.69) is 5.32 Å². The van der Waals surface area contributed by atoms with Gasteiger partial charge in [0.1, 0.15) is 5.54 Å². The minimum absolute atomic E-state index is 0.358. The first-order chi connectivity index (χ1) is 8.95. The molecule has 0 bridgehead atoms. The molecule has 5 nitrogen and oxygen atoms in total. The highest BCUT2D eigenvalue weighted by Crippen LogP contribution is 2.16. The fraction of sp³-hybridized carbons (Fsp3) is 0.538. The summed E-state index contributed by atoms with van der Waals surface area (Å²) in [6.45, 7) is 3.99. The van der Waals surface area contributed by atoms with Crippen molar-refractivity contribution in [2.75, 3.05) is 7.05 Å². The minimum Gasteiger partial charge on any atom is -0.480 e. The Morgan fingerprint density at radius 1 is 1.42 bits per heavy atom. The molecule has 2 N–H and O–H groups in total. The maximum Gasteiger partial charge on any atom is 0.329 e. The van der Waals surface area contributed by atoms with Crippen LogP contribution in [-0.2, 0) is 11.3 Å². The molecule has 0 aliphatic rings. The van der Waals surface area contributed by atoms with Gasteiger partial charge in [0.2, 0.25) is 0 Å². The third-order valence-electron chi connectivity index (χ3n) is 3.31. The highest BCUT2D eigenvalue weighted by Gasteiger charge is 2.37. The molecule has 1 heterocycles. The number of nitrogens with one attached hydrogen (secondary N) is 1. The van der Waals surface area contributed by atoms with Gasteiger partial charge in [-0.3, -0.25) is 0 Å². The van der Waals surface area contributed by atoms with Crippen molar-refractivity contribution in [3.63, 3.8) is 0 Å². The summed E-state index contributed by atoms with van der Waals surface area (Å²) in [5.74, 6) is -0.991. The number of thiophene rings is 1. The quantitative estimate of drug-likeness (QED) is 0.843. The molecule has 0 spiro atoms. The average molecular weight is 284 g/mol. The van der Waals surface area contributed by atoms with Crippen molar-refractivity contribution in [1.29, 1.82) is 0 Å². The molecule has 0 aliphatic heterocycles. The van der Waals surface area contributed by atoms with Crippen LogP contribution in [-0.4, -0.2) is 34.6 Å². The van der Waals surface area contributed by atoms with Crippen LogP contribution in [0.1, 0.15) is 32.3 Å². The van der Waals surface area contributed by atoms with E-state index in [1.807, 2.05) is 16.8 Å². The molecule has 2 amide bonds. The first-order valence-electron chi connectivity index (χ1n) is 6.23. The van der Waals surface area contributed by atoms with Crippen molar-refractivity contribution in [3.05, 3.63) is 22.4 Å². The van der Waals surface area contributed by atoms with Crippen LogP contribution in [0.4, 0.5) is 4.79 Å². The predicted octanol–water partition coefficient (Wildman–Crippen LogP) is 2.53. The third kappa shape index (κ3) is 3.70. The van der Waals surface area contributed by atoms with E-state index in [9.17, 15) is 14.7 Å². The fourth-order valence-electron chi connectivity index (χ4n) is 1.81. The summed E-state index contributed by atoms with van der Waals surface area (Å²) in [7, 11) is 1.66. The summed E-state index contributed by atoms with van der Waals surface area (Å²) < 4.78 is 0. The van der Waals surface area contributed by atoms with Gasteiger partial charge in [-0.05, 0) is 35.2 Å². The second-order valence-corrected chi connectivity index (χ2v) is 5.29. The molecule has 0 aromatic carbocycles. The Hall–Kier alpha value is -1.56. The standard InChI is InChI=1S/C13H20N2O3S/c1-4-13(5-2,11(16)17)14-12(18)15(3)8-10-6-7-19-9-10/h6-7,9H,4-5,8H2,1-3H3,(H,14,18)(H,16,17). The zero-order valence-corrected chi connectivity index (χ0v) is 12.3. The number of amides is 2. The Balaban J connectivity index is 2.69. The Morgan fingerprint density at radius 3 is 2.47 bits per heavy atom. The lowest BCUT2D eigenvalue weighted by atomic mass is 9.93. The van der Waals surface area contributed by atoms with Crippen LogP contribution in [0.3, 0.4) is 0 Å². The molecule has 1 aromatic heterocycles. The Morgan fingerprint density at radius 2 is 2.05 bits per heavy atom. The lowest BCUT2D eigenvalue weighted by Gasteiger charge is -2.30. The monoisotopic (exact) mass is 284 g/mol. The largest absolute Gasteiger partial charge is 0.480 e. The lowest BCUT2D eigenvalue weighted by Crippen LogP contribution is -2.56. The van der Waals surface area contributed by atoms with E-state index in [0.717, 1.165) is 5.56 Å². The SMILES string of the molecule is CCC(CC)(NC(=O)N(C)Cc1ccsc1)C(=O)O. The van der Waals surface area contributed by atoms with E-state index in [1.165, 1.54) is 4.90 Å². The van der Waals surface area contributed by atoms with Gasteiger partial charge in [-0.25, -0.2) is 9.59 Å². The number of urea groups is 1. The Kier molecular flexibility index (Phi) is 5.35. The van der Waals surface area contributed by atoms with Crippen molar-refractivity contribution in [2.24, 2.45) is 0 Å². The normalized spacial score (nSPS) is 11.1. The highest BCUT2D eigenvalue weighted by atomic mass is 32.1. The van der Waals surface area contributed by atoms with Gasteiger partial charge in [0, 0.05) is 13.6 Å². The minimum atomic E-state index is -1.18. The van der Waals surface area contributed by atoms with E-state index in [-0.39, 0.29) is 6.03 Å². The second kappa shape index (κ2) is 6.56. The van der Waals surface area contributed by atoms with Gasteiger partial charge >= 0.3 is 12.0 Å². The topological polar surface area (TPSA) is 69.6 Å². The maximum atomic E-state index is 12.1. The van der Waals surface area contributed by atoms with E-state index < -0.39 is 11.5 Å². The zero-order valence-electron chi connectivity index (χ0n) is 11.5. The molecular formula is C13H20N2O3S. The molecular weight excluding hydrogens is 264 g/mol. The highest BCUT2D eigenvalue weighted by molar-refractivity contribution is 7.07. The van der Waals surface area contributed by atoms with Crippen LogP contribution in [0.2, 0.25) is 0 Å². The van der Waals surface area contributed by atoms with E-state index in [4.69, 9.17) is 0 Å². The number of nitrogens with zero attached hydrogens (tertiary/aromatic N) is 1. The molecule has 0 saturated heterocycles. The first kappa shape index (κ1) is 15.5. The number of hydrogen-bond donors (Lipinski definition) is 2. The van der Waals surface area contributed by atoms with E-state index in [1.54, 1.807) is 32.2 Å². The molecule has 106 valence electrons. The molecule has 0 unspecified atom stereocenters. The summed E-state index contributed by atoms with van der Waals surface area (Å²) in [6, 6.07) is 1.58. The van der Waals surface area contributed by atoms with Crippen molar-refractivity contribution in [1.82, 2.24) is 10.2 Å². The Bertz CT molecular complexity index is 427. The number of hydrogen-bond acceptors (Lipinski definition) is 3. The molecule has 1 rings (SSSR count). The molecule has 0 fully saturated rings. The van der Waals surface area contributed by atoms with Crippen LogP contribution >= 0.6 is 11.3 Å². The van der Waals surface area contributed by atoms with Crippen molar-refractivity contribution >= 4 is 23.3 Å². The van der Waals surface area contributed by atoms with Gasteiger partial charge < -0.3 is 15.3 Å².